The summed E-state index contributed by atoms with van der Waals surface area (Å²) in [7, 11) is -4.05. The highest BCUT2D eigenvalue weighted by molar-refractivity contribution is 7.89. The van der Waals surface area contributed by atoms with Crippen LogP contribution in [0.5, 0.6) is 0 Å². The van der Waals surface area contributed by atoms with Crippen LogP contribution in [-0.2, 0) is 10.0 Å². The molecule has 0 atom stereocenters. The number of hydrogen-bond acceptors (Lipinski definition) is 2. The van der Waals surface area contributed by atoms with E-state index in [9.17, 15) is 21.4 Å². The topological polar surface area (TPSA) is 46.2 Å². The van der Waals surface area contributed by atoms with E-state index in [0.29, 0.717) is 0 Å². The predicted molar refractivity (Wildman–Crippen MR) is 50.7 cm³/mol. The van der Waals surface area contributed by atoms with E-state index < -0.39 is 23.4 Å². The molecule has 0 spiro atoms. The van der Waals surface area contributed by atoms with Crippen molar-refractivity contribution in [2.45, 2.75) is 4.90 Å². The summed E-state index contributed by atoms with van der Waals surface area (Å²) in [4.78, 5) is -0.176. The maximum absolute atomic E-state index is 11.8. The van der Waals surface area contributed by atoms with Crippen molar-refractivity contribution in [2.24, 2.45) is 0 Å². The smallest absolute Gasteiger partial charge is 0.448 e. The van der Waals surface area contributed by atoms with Gasteiger partial charge in [0.15, 0.2) is 0 Å². The zero-order valence-electron chi connectivity index (χ0n) is 7.53. The van der Waals surface area contributed by atoms with Crippen LogP contribution < -0.4 is 4.72 Å². The molecule has 0 saturated carbocycles. The lowest BCUT2D eigenvalue weighted by Crippen LogP contribution is -2.37. The van der Waals surface area contributed by atoms with Crippen LogP contribution in [0.15, 0.2) is 35.2 Å². The molecule has 0 heterocycles. The van der Waals surface area contributed by atoms with Gasteiger partial charge in [-0.1, -0.05) is 18.2 Å². The Kier molecular flexibility index (Phi) is 3.40. The minimum atomic E-state index is -5.16. The van der Waals surface area contributed by atoms with E-state index in [2.05, 4.69) is 0 Å². The van der Waals surface area contributed by atoms with Crippen LogP contribution in [0.25, 0.3) is 0 Å². The Morgan fingerprint density at radius 2 is 1.67 bits per heavy atom. The van der Waals surface area contributed by atoms with Crippen LogP contribution in [0.1, 0.15) is 0 Å². The summed E-state index contributed by atoms with van der Waals surface area (Å²) >= 11 is 0. The zero-order valence-corrected chi connectivity index (χ0v) is 8.35. The highest BCUT2D eigenvalue weighted by atomic mass is 32.2. The Hall–Kier alpha value is -1.02. The van der Waals surface area contributed by atoms with E-state index in [-0.39, 0.29) is 4.90 Å². The van der Waals surface area contributed by atoms with Crippen molar-refractivity contribution in [3.05, 3.63) is 30.3 Å². The van der Waals surface area contributed by atoms with Gasteiger partial charge in [-0.3, -0.25) is 0 Å². The predicted octanol–water partition coefficient (Wildman–Crippen LogP) is 1.35. The third kappa shape index (κ3) is 3.92. The summed E-state index contributed by atoms with van der Waals surface area (Å²) in [6, 6.07) is 6.91. The van der Waals surface area contributed by atoms with Crippen LogP contribution in [0.4, 0.5) is 12.9 Å². The number of halogens is 3. The van der Waals surface area contributed by atoms with Gasteiger partial charge in [0.05, 0.1) is 4.90 Å². The van der Waals surface area contributed by atoms with Gasteiger partial charge in [0, 0.05) is 0 Å². The molecule has 0 aliphatic carbocycles. The maximum Gasteiger partial charge on any atom is 0.492 e. The fourth-order valence-electron chi connectivity index (χ4n) is 0.887. The van der Waals surface area contributed by atoms with E-state index >= 15 is 0 Å². The third-order valence-corrected chi connectivity index (χ3v) is 3.00. The molecule has 1 rings (SSSR count). The van der Waals surface area contributed by atoms with Crippen molar-refractivity contribution < 1.29 is 21.4 Å². The number of rotatable bonds is 4. The molecule has 0 saturated heterocycles. The Bertz CT molecular complexity index is 418. The number of benzene rings is 1. The molecular formula is C7H8BF3NO2S-. The summed E-state index contributed by atoms with van der Waals surface area (Å²) in [5.41, 5.74) is 0. The van der Waals surface area contributed by atoms with Gasteiger partial charge in [-0.05, 0) is 18.6 Å². The Morgan fingerprint density at radius 3 is 2.13 bits per heavy atom. The van der Waals surface area contributed by atoms with Gasteiger partial charge < -0.3 is 12.9 Å². The zero-order chi connectivity index (χ0) is 11.5. The molecule has 0 radical (unpaired) electrons. The molecule has 0 aliphatic heterocycles. The Labute approximate surface area is 85.4 Å². The number of hydrogen-bond donors (Lipinski definition) is 1. The van der Waals surface area contributed by atoms with Crippen LogP contribution in [0.2, 0.25) is 0 Å². The number of nitrogens with one attached hydrogen (secondary N) is 1. The van der Waals surface area contributed by atoms with E-state index in [1.54, 1.807) is 6.07 Å². The molecule has 0 aromatic heterocycles. The van der Waals surface area contributed by atoms with Crippen molar-refractivity contribution in [1.82, 2.24) is 4.72 Å². The van der Waals surface area contributed by atoms with Crippen molar-refractivity contribution in [3.8, 4) is 0 Å². The summed E-state index contributed by atoms with van der Waals surface area (Å²) in [6.45, 7) is -5.16. The lowest BCUT2D eigenvalue weighted by Gasteiger charge is -2.14. The second kappa shape index (κ2) is 4.24. The minimum Gasteiger partial charge on any atom is -0.448 e. The first-order valence-corrected chi connectivity index (χ1v) is 5.55. The summed E-state index contributed by atoms with van der Waals surface area (Å²) in [5, 5.41) is 0. The van der Waals surface area contributed by atoms with E-state index in [0.717, 1.165) is 0 Å². The molecular weight excluding hydrogens is 230 g/mol. The van der Waals surface area contributed by atoms with Gasteiger partial charge >= 0.3 is 6.98 Å². The molecule has 1 N–H and O–H groups in total. The minimum absolute atomic E-state index is 0.176. The molecule has 1 aromatic rings. The summed E-state index contributed by atoms with van der Waals surface area (Å²) in [6.07, 6.45) is -1.50. The standard InChI is InChI=1S/C7H8BF3NO2S/c9-8(10,11)6-12-15(13,14)7-4-2-1-3-5-7/h1-5,12H,6H2/q-1. The van der Waals surface area contributed by atoms with Crippen LogP contribution in [-0.4, -0.2) is 21.8 Å². The van der Waals surface area contributed by atoms with Gasteiger partial charge in [-0.15, -0.1) is 0 Å². The van der Waals surface area contributed by atoms with Crippen LogP contribution in [0.3, 0.4) is 0 Å². The highest BCUT2D eigenvalue weighted by Gasteiger charge is 2.25. The molecule has 1 aromatic carbocycles. The van der Waals surface area contributed by atoms with Crippen molar-refractivity contribution in [3.63, 3.8) is 0 Å². The SMILES string of the molecule is O=S(=O)(NC[B-](F)(F)F)c1ccccc1. The van der Waals surface area contributed by atoms with Gasteiger partial charge in [0.25, 0.3) is 0 Å². The largest absolute Gasteiger partial charge is 0.492 e. The first-order valence-electron chi connectivity index (χ1n) is 4.07. The average Bonchev–Trinajstić information content (AvgIpc) is 2.16. The molecule has 84 valence electrons. The molecule has 0 aliphatic rings. The van der Waals surface area contributed by atoms with E-state index in [1.807, 2.05) is 0 Å². The molecule has 15 heavy (non-hydrogen) atoms. The van der Waals surface area contributed by atoms with Crippen molar-refractivity contribution in [2.75, 3.05) is 6.44 Å². The second-order valence-corrected chi connectivity index (χ2v) is 4.64. The average molecular weight is 238 g/mol. The first kappa shape index (κ1) is 12.1. The van der Waals surface area contributed by atoms with Gasteiger partial charge in [-0.25, -0.2) is 13.1 Å². The Morgan fingerprint density at radius 1 is 1.13 bits per heavy atom. The second-order valence-electron chi connectivity index (χ2n) is 2.88. The molecule has 8 heteroatoms. The summed E-state index contributed by atoms with van der Waals surface area (Å²) < 4.78 is 59.6. The summed E-state index contributed by atoms with van der Waals surface area (Å²) in [5.74, 6) is 0. The lowest BCUT2D eigenvalue weighted by molar-refractivity contribution is 0.465. The van der Waals surface area contributed by atoms with Crippen LogP contribution in [0, 0.1) is 0 Å². The van der Waals surface area contributed by atoms with Crippen LogP contribution >= 0.6 is 0 Å². The molecule has 0 amide bonds. The fraction of sp³-hybridized carbons (Fsp3) is 0.143. The molecule has 0 fully saturated rings. The van der Waals surface area contributed by atoms with E-state index in [4.69, 9.17) is 0 Å². The van der Waals surface area contributed by atoms with Gasteiger partial charge in [-0.2, -0.15) is 0 Å². The Balaban J connectivity index is 2.78. The first-order chi connectivity index (χ1) is 6.81. The van der Waals surface area contributed by atoms with Gasteiger partial charge in [0.2, 0.25) is 10.0 Å². The third-order valence-electron chi connectivity index (χ3n) is 1.56. The molecule has 3 nitrogen and oxygen atoms in total. The fourth-order valence-corrected chi connectivity index (χ4v) is 1.98. The van der Waals surface area contributed by atoms with Gasteiger partial charge in [0.1, 0.15) is 0 Å². The normalized spacial score (nSPS) is 12.7. The maximum atomic E-state index is 11.8. The highest BCUT2D eigenvalue weighted by Crippen LogP contribution is 2.10. The van der Waals surface area contributed by atoms with Crippen molar-refractivity contribution in [1.29, 1.82) is 0 Å². The molecule has 0 bridgehead atoms. The monoisotopic (exact) mass is 238 g/mol. The quantitative estimate of drug-likeness (QED) is 0.804. The molecule has 0 unspecified atom stereocenters. The van der Waals surface area contributed by atoms with Crippen molar-refractivity contribution >= 4 is 17.0 Å². The lowest BCUT2D eigenvalue weighted by atomic mass is 9.93. The van der Waals surface area contributed by atoms with E-state index in [1.165, 1.54) is 29.0 Å². The number of sulfonamides is 1.